The standard InChI is InChI=1S/C13H14N2O3/c1-15-8-14-7-10(15)13(16)9-4-5-11(17-2)12(6-9)18-3/h4-8H,1-3H3. The lowest BCUT2D eigenvalue weighted by Crippen LogP contribution is -2.07. The summed E-state index contributed by atoms with van der Waals surface area (Å²) in [6, 6.07) is 5.08. The Balaban J connectivity index is 2.40. The topological polar surface area (TPSA) is 53.3 Å². The Morgan fingerprint density at radius 2 is 1.94 bits per heavy atom. The Morgan fingerprint density at radius 1 is 1.22 bits per heavy atom. The molecule has 0 spiro atoms. The average Bonchev–Trinajstić information content (AvgIpc) is 2.83. The molecule has 2 aromatic rings. The van der Waals surface area contributed by atoms with E-state index in [2.05, 4.69) is 4.98 Å². The molecule has 0 bridgehead atoms. The number of hydrogen-bond acceptors (Lipinski definition) is 4. The maximum atomic E-state index is 12.2. The van der Waals surface area contributed by atoms with Crippen LogP contribution in [0.1, 0.15) is 16.1 Å². The first-order valence-corrected chi connectivity index (χ1v) is 5.40. The second-order valence-corrected chi connectivity index (χ2v) is 3.79. The second-order valence-electron chi connectivity index (χ2n) is 3.79. The summed E-state index contributed by atoms with van der Waals surface area (Å²) in [6.07, 6.45) is 3.13. The van der Waals surface area contributed by atoms with E-state index in [1.54, 1.807) is 49.4 Å². The van der Waals surface area contributed by atoms with Gasteiger partial charge in [0.05, 0.1) is 26.7 Å². The van der Waals surface area contributed by atoms with Crippen LogP contribution < -0.4 is 9.47 Å². The van der Waals surface area contributed by atoms with E-state index in [9.17, 15) is 4.79 Å². The largest absolute Gasteiger partial charge is 0.493 e. The highest BCUT2D eigenvalue weighted by atomic mass is 16.5. The lowest BCUT2D eigenvalue weighted by molar-refractivity contribution is 0.103. The summed E-state index contributed by atoms with van der Waals surface area (Å²) in [5.41, 5.74) is 1.07. The zero-order valence-electron chi connectivity index (χ0n) is 10.5. The summed E-state index contributed by atoms with van der Waals surface area (Å²) >= 11 is 0. The fourth-order valence-electron chi connectivity index (χ4n) is 1.70. The van der Waals surface area contributed by atoms with Crippen molar-refractivity contribution >= 4 is 5.78 Å². The number of carbonyl (C=O) groups is 1. The molecule has 5 heteroatoms. The van der Waals surface area contributed by atoms with E-state index in [4.69, 9.17) is 9.47 Å². The highest BCUT2D eigenvalue weighted by Crippen LogP contribution is 2.28. The van der Waals surface area contributed by atoms with E-state index in [0.29, 0.717) is 22.8 Å². The SMILES string of the molecule is COc1ccc(C(=O)c2cncn2C)cc1OC. The first-order valence-electron chi connectivity index (χ1n) is 5.40. The van der Waals surface area contributed by atoms with Gasteiger partial charge in [0.2, 0.25) is 5.78 Å². The van der Waals surface area contributed by atoms with Crippen LogP contribution in [-0.4, -0.2) is 29.6 Å². The number of aryl methyl sites for hydroxylation is 1. The lowest BCUT2D eigenvalue weighted by atomic mass is 10.1. The van der Waals surface area contributed by atoms with Gasteiger partial charge in [0, 0.05) is 12.6 Å². The molecule has 0 radical (unpaired) electrons. The number of carbonyl (C=O) groups excluding carboxylic acids is 1. The molecule has 0 aliphatic rings. The predicted octanol–water partition coefficient (Wildman–Crippen LogP) is 1.67. The highest BCUT2D eigenvalue weighted by Gasteiger charge is 2.15. The van der Waals surface area contributed by atoms with Crippen molar-refractivity contribution in [1.82, 2.24) is 9.55 Å². The van der Waals surface area contributed by atoms with Crippen molar-refractivity contribution in [1.29, 1.82) is 0 Å². The first kappa shape index (κ1) is 12.2. The van der Waals surface area contributed by atoms with Crippen molar-refractivity contribution in [2.24, 2.45) is 7.05 Å². The molecule has 5 nitrogen and oxygen atoms in total. The predicted molar refractivity (Wildman–Crippen MR) is 66.2 cm³/mol. The van der Waals surface area contributed by atoms with Gasteiger partial charge in [-0.1, -0.05) is 0 Å². The van der Waals surface area contributed by atoms with Crippen molar-refractivity contribution in [3.05, 3.63) is 42.0 Å². The Labute approximate surface area is 105 Å². The van der Waals surface area contributed by atoms with E-state index in [1.165, 1.54) is 7.11 Å². The molecule has 0 fully saturated rings. The summed E-state index contributed by atoms with van der Waals surface area (Å²) in [7, 11) is 4.87. The number of benzene rings is 1. The summed E-state index contributed by atoms with van der Waals surface area (Å²) < 4.78 is 12.0. The molecule has 94 valence electrons. The third kappa shape index (κ3) is 2.07. The molecule has 18 heavy (non-hydrogen) atoms. The quantitative estimate of drug-likeness (QED) is 0.770. The third-order valence-corrected chi connectivity index (χ3v) is 2.70. The minimum absolute atomic E-state index is 0.101. The van der Waals surface area contributed by atoms with Crippen LogP contribution in [0.5, 0.6) is 11.5 Å². The average molecular weight is 246 g/mol. The van der Waals surface area contributed by atoms with Crippen LogP contribution in [0.3, 0.4) is 0 Å². The van der Waals surface area contributed by atoms with E-state index in [1.807, 2.05) is 0 Å². The van der Waals surface area contributed by atoms with Gasteiger partial charge < -0.3 is 14.0 Å². The number of rotatable bonds is 4. The van der Waals surface area contributed by atoms with Crippen LogP contribution in [0, 0.1) is 0 Å². The van der Waals surface area contributed by atoms with Crippen molar-refractivity contribution in [3.8, 4) is 11.5 Å². The zero-order chi connectivity index (χ0) is 13.1. The molecule has 1 aromatic carbocycles. The maximum absolute atomic E-state index is 12.2. The molecule has 1 aromatic heterocycles. The van der Waals surface area contributed by atoms with Crippen molar-refractivity contribution in [2.75, 3.05) is 14.2 Å². The van der Waals surface area contributed by atoms with E-state index >= 15 is 0 Å². The number of methoxy groups -OCH3 is 2. The number of hydrogen-bond donors (Lipinski definition) is 0. The minimum Gasteiger partial charge on any atom is -0.493 e. The summed E-state index contributed by atoms with van der Waals surface area (Å²) in [5.74, 6) is 1.03. The molecule has 1 heterocycles. The van der Waals surface area contributed by atoms with Crippen LogP contribution in [0.15, 0.2) is 30.7 Å². The molecule has 0 atom stereocenters. The fourth-order valence-corrected chi connectivity index (χ4v) is 1.70. The fraction of sp³-hybridized carbons (Fsp3) is 0.231. The number of ketones is 1. The number of nitrogens with zero attached hydrogens (tertiary/aromatic N) is 2. The van der Waals surface area contributed by atoms with Crippen LogP contribution in [0.2, 0.25) is 0 Å². The zero-order valence-corrected chi connectivity index (χ0v) is 10.5. The molecule has 0 unspecified atom stereocenters. The molecule has 0 aliphatic carbocycles. The van der Waals surface area contributed by atoms with Gasteiger partial charge in [-0.05, 0) is 18.2 Å². The van der Waals surface area contributed by atoms with Gasteiger partial charge in [-0.15, -0.1) is 0 Å². The Kier molecular flexibility index (Phi) is 3.32. The highest BCUT2D eigenvalue weighted by molar-refractivity contribution is 6.08. The second kappa shape index (κ2) is 4.91. The maximum Gasteiger partial charge on any atom is 0.211 e. The summed E-state index contributed by atoms with van der Waals surface area (Å²) in [4.78, 5) is 16.2. The molecule has 0 aliphatic heterocycles. The van der Waals surface area contributed by atoms with Gasteiger partial charge in [-0.25, -0.2) is 4.98 Å². The van der Waals surface area contributed by atoms with Crippen LogP contribution in [0.25, 0.3) is 0 Å². The van der Waals surface area contributed by atoms with E-state index < -0.39 is 0 Å². The van der Waals surface area contributed by atoms with Gasteiger partial charge in [0.25, 0.3) is 0 Å². The van der Waals surface area contributed by atoms with Crippen molar-refractivity contribution in [2.45, 2.75) is 0 Å². The van der Waals surface area contributed by atoms with Gasteiger partial charge in [0.15, 0.2) is 11.5 Å². The Bertz CT molecular complexity index is 575. The molecule has 0 N–H and O–H groups in total. The van der Waals surface area contributed by atoms with Crippen molar-refractivity contribution < 1.29 is 14.3 Å². The van der Waals surface area contributed by atoms with Crippen molar-refractivity contribution in [3.63, 3.8) is 0 Å². The van der Waals surface area contributed by atoms with Crippen LogP contribution >= 0.6 is 0 Å². The van der Waals surface area contributed by atoms with Gasteiger partial charge >= 0.3 is 0 Å². The minimum atomic E-state index is -0.101. The molecule has 0 saturated heterocycles. The first-order chi connectivity index (χ1) is 8.67. The molecule has 2 rings (SSSR count). The van der Waals surface area contributed by atoms with Gasteiger partial charge in [-0.2, -0.15) is 0 Å². The van der Waals surface area contributed by atoms with E-state index in [0.717, 1.165) is 0 Å². The number of ether oxygens (including phenoxy) is 2. The molecule has 0 amide bonds. The van der Waals surface area contributed by atoms with E-state index in [-0.39, 0.29) is 5.78 Å². The Morgan fingerprint density at radius 3 is 2.50 bits per heavy atom. The molecular weight excluding hydrogens is 232 g/mol. The van der Waals surface area contributed by atoms with Gasteiger partial charge in [0.1, 0.15) is 5.69 Å². The van der Waals surface area contributed by atoms with Gasteiger partial charge in [-0.3, -0.25) is 4.79 Å². The van der Waals surface area contributed by atoms with Crippen LogP contribution in [-0.2, 0) is 7.05 Å². The monoisotopic (exact) mass is 246 g/mol. The Hall–Kier alpha value is -2.30. The van der Waals surface area contributed by atoms with Crippen LogP contribution in [0.4, 0.5) is 0 Å². The lowest BCUT2D eigenvalue weighted by Gasteiger charge is -2.09. The number of imidazole rings is 1. The molecule has 0 saturated carbocycles. The summed E-state index contributed by atoms with van der Waals surface area (Å²) in [5, 5.41) is 0. The molecular formula is C13H14N2O3. The smallest absolute Gasteiger partial charge is 0.211 e. The summed E-state index contributed by atoms with van der Waals surface area (Å²) in [6.45, 7) is 0. The normalized spacial score (nSPS) is 10.2. The third-order valence-electron chi connectivity index (χ3n) is 2.70. The number of aromatic nitrogens is 2.